The van der Waals surface area contributed by atoms with Crippen LogP contribution in [0.3, 0.4) is 0 Å². The van der Waals surface area contributed by atoms with Gasteiger partial charge in [0.2, 0.25) is 5.89 Å². The quantitative estimate of drug-likeness (QED) is 0.767. The van der Waals surface area contributed by atoms with E-state index < -0.39 is 0 Å². The van der Waals surface area contributed by atoms with Gasteiger partial charge in [-0.05, 0) is 35.0 Å². The van der Waals surface area contributed by atoms with Gasteiger partial charge in [-0.15, -0.1) is 0 Å². The zero-order valence-electron chi connectivity index (χ0n) is 6.99. The average molecular weight is 239 g/mol. The van der Waals surface area contributed by atoms with Crippen molar-refractivity contribution in [1.82, 2.24) is 9.97 Å². The monoisotopic (exact) mass is 238 g/mol. The number of rotatable bonds is 1. The fourth-order valence-corrected chi connectivity index (χ4v) is 1.43. The number of hydrogen-bond acceptors (Lipinski definition) is 3. The summed E-state index contributed by atoms with van der Waals surface area (Å²) in [5.41, 5.74) is 0.732. The third kappa shape index (κ3) is 1.62. The molecule has 0 N–H and O–H groups in total. The lowest BCUT2D eigenvalue weighted by atomic mass is 10.3. The van der Waals surface area contributed by atoms with Gasteiger partial charge in [0.15, 0.2) is 0 Å². The van der Waals surface area contributed by atoms with Crippen molar-refractivity contribution in [3.63, 3.8) is 0 Å². The lowest BCUT2D eigenvalue weighted by Crippen LogP contribution is -1.83. The van der Waals surface area contributed by atoms with Crippen LogP contribution < -0.4 is 0 Å². The average Bonchev–Trinajstić information content (AvgIpc) is 2.53. The molecule has 2 aromatic rings. The van der Waals surface area contributed by atoms with Gasteiger partial charge in [-0.3, -0.25) is 0 Å². The van der Waals surface area contributed by atoms with Gasteiger partial charge >= 0.3 is 0 Å². The lowest BCUT2D eigenvalue weighted by Gasteiger charge is -1.96. The smallest absolute Gasteiger partial charge is 0.246 e. The number of oxazole rings is 1. The maximum Gasteiger partial charge on any atom is 0.246 e. The Morgan fingerprint density at radius 3 is 2.85 bits per heavy atom. The van der Waals surface area contributed by atoms with Crippen LogP contribution in [0.25, 0.3) is 11.6 Å². The Bertz CT molecular complexity index is 425. The van der Waals surface area contributed by atoms with Crippen molar-refractivity contribution in [2.24, 2.45) is 0 Å². The molecule has 0 saturated carbocycles. The molecular weight excluding hydrogens is 232 g/mol. The normalized spacial score (nSPS) is 10.3. The summed E-state index contributed by atoms with van der Waals surface area (Å²) in [6.07, 6.45) is 3.38. The fourth-order valence-electron chi connectivity index (χ4n) is 1.01. The Labute approximate surface area is 84.0 Å². The second kappa shape index (κ2) is 3.30. The molecule has 0 radical (unpaired) electrons. The second-order valence-corrected chi connectivity index (χ2v) is 3.46. The zero-order valence-corrected chi connectivity index (χ0v) is 8.58. The number of aromatic nitrogens is 2. The van der Waals surface area contributed by atoms with E-state index in [4.69, 9.17) is 4.42 Å². The molecule has 0 saturated heterocycles. The van der Waals surface area contributed by atoms with Crippen LogP contribution >= 0.6 is 15.9 Å². The van der Waals surface area contributed by atoms with E-state index in [1.165, 1.54) is 0 Å². The molecule has 0 atom stereocenters. The molecule has 2 aromatic heterocycles. The van der Waals surface area contributed by atoms with Crippen molar-refractivity contribution in [3.05, 3.63) is 34.8 Å². The minimum Gasteiger partial charge on any atom is -0.440 e. The van der Waals surface area contributed by atoms with E-state index >= 15 is 0 Å². The van der Waals surface area contributed by atoms with Crippen LogP contribution in [0.2, 0.25) is 0 Å². The standard InChI is InChI=1S/C9H7BrN2O/c1-6-5-12-9(13-6)8-7(10)3-2-4-11-8/h2-5H,1H3. The van der Waals surface area contributed by atoms with Gasteiger partial charge in [0.05, 0.1) is 6.20 Å². The molecule has 0 unspecified atom stereocenters. The highest BCUT2D eigenvalue weighted by Gasteiger charge is 2.08. The van der Waals surface area contributed by atoms with E-state index in [0.29, 0.717) is 5.89 Å². The fraction of sp³-hybridized carbons (Fsp3) is 0.111. The summed E-state index contributed by atoms with van der Waals surface area (Å²) < 4.78 is 6.23. The first-order chi connectivity index (χ1) is 6.27. The van der Waals surface area contributed by atoms with Gasteiger partial charge in [-0.2, -0.15) is 0 Å². The van der Waals surface area contributed by atoms with Crippen molar-refractivity contribution in [2.75, 3.05) is 0 Å². The molecule has 66 valence electrons. The van der Waals surface area contributed by atoms with Crippen LogP contribution in [0.1, 0.15) is 5.76 Å². The maximum atomic E-state index is 5.35. The largest absolute Gasteiger partial charge is 0.440 e. The minimum atomic E-state index is 0.546. The van der Waals surface area contributed by atoms with E-state index in [1.54, 1.807) is 12.4 Å². The van der Waals surface area contributed by atoms with Crippen LogP contribution in [-0.2, 0) is 0 Å². The molecule has 3 nitrogen and oxygen atoms in total. The molecule has 13 heavy (non-hydrogen) atoms. The molecule has 0 amide bonds. The van der Waals surface area contributed by atoms with Crippen LogP contribution in [0, 0.1) is 6.92 Å². The van der Waals surface area contributed by atoms with Gasteiger partial charge in [0.1, 0.15) is 11.5 Å². The SMILES string of the molecule is Cc1cnc(-c2ncccc2Br)o1. The van der Waals surface area contributed by atoms with Crippen molar-refractivity contribution in [3.8, 4) is 11.6 Å². The van der Waals surface area contributed by atoms with E-state index in [2.05, 4.69) is 25.9 Å². The molecule has 0 bridgehead atoms. The summed E-state index contributed by atoms with van der Waals surface area (Å²) in [6, 6.07) is 3.76. The van der Waals surface area contributed by atoms with Gasteiger partial charge in [0, 0.05) is 10.7 Å². The van der Waals surface area contributed by atoms with Gasteiger partial charge in [-0.25, -0.2) is 9.97 Å². The van der Waals surface area contributed by atoms with E-state index in [0.717, 1.165) is 15.9 Å². The number of aryl methyl sites for hydroxylation is 1. The predicted octanol–water partition coefficient (Wildman–Crippen LogP) is 2.81. The highest BCUT2D eigenvalue weighted by Crippen LogP contribution is 2.24. The van der Waals surface area contributed by atoms with Crippen molar-refractivity contribution in [2.45, 2.75) is 6.92 Å². The molecule has 4 heteroatoms. The van der Waals surface area contributed by atoms with Crippen LogP contribution in [0.5, 0.6) is 0 Å². The van der Waals surface area contributed by atoms with Crippen LogP contribution in [0.4, 0.5) is 0 Å². The summed E-state index contributed by atoms with van der Waals surface area (Å²) >= 11 is 3.38. The summed E-state index contributed by atoms with van der Waals surface area (Å²) in [7, 11) is 0. The topological polar surface area (TPSA) is 38.9 Å². The van der Waals surface area contributed by atoms with Crippen LogP contribution in [0.15, 0.2) is 33.4 Å². The third-order valence-electron chi connectivity index (χ3n) is 1.58. The maximum absolute atomic E-state index is 5.35. The van der Waals surface area contributed by atoms with Crippen molar-refractivity contribution < 1.29 is 4.42 Å². The first-order valence-electron chi connectivity index (χ1n) is 3.80. The Hall–Kier alpha value is -1.16. The highest BCUT2D eigenvalue weighted by atomic mass is 79.9. The molecule has 2 heterocycles. The Balaban J connectivity index is 2.52. The van der Waals surface area contributed by atoms with Crippen molar-refractivity contribution >= 4 is 15.9 Å². The third-order valence-corrected chi connectivity index (χ3v) is 2.22. The molecule has 0 aliphatic carbocycles. The summed E-state index contributed by atoms with van der Waals surface area (Å²) in [5, 5.41) is 0. The van der Waals surface area contributed by atoms with E-state index in [1.807, 2.05) is 19.1 Å². The molecular formula is C9H7BrN2O. The Morgan fingerprint density at radius 2 is 2.23 bits per heavy atom. The molecule has 0 fully saturated rings. The number of pyridine rings is 1. The predicted molar refractivity (Wildman–Crippen MR) is 52.2 cm³/mol. The van der Waals surface area contributed by atoms with Crippen LogP contribution in [-0.4, -0.2) is 9.97 Å². The number of nitrogens with zero attached hydrogens (tertiary/aromatic N) is 2. The molecule has 0 aliphatic heterocycles. The summed E-state index contributed by atoms with van der Waals surface area (Å²) in [5.74, 6) is 1.33. The van der Waals surface area contributed by atoms with Gasteiger partial charge in [0.25, 0.3) is 0 Å². The number of halogens is 1. The summed E-state index contributed by atoms with van der Waals surface area (Å²) in [4.78, 5) is 8.25. The zero-order chi connectivity index (χ0) is 9.26. The van der Waals surface area contributed by atoms with Crippen molar-refractivity contribution in [1.29, 1.82) is 0 Å². The molecule has 2 rings (SSSR count). The first kappa shape index (κ1) is 8.44. The molecule has 0 aliphatic rings. The molecule has 0 spiro atoms. The van der Waals surface area contributed by atoms with Gasteiger partial charge < -0.3 is 4.42 Å². The number of hydrogen-bond donors (Lipinski definition) is 0. The Morgan fingerprint density at radius 1 is 1.38 bits per heavy atom. The molecule has 0 aromatic carbocycles. The van der Waals surface area contributed by atoms with E-state index in [-0.39, 0.29) is 0 Å². The lowest BCUT2D eigenvalue weighted by molar-refractivity contribution is 0.540. The summed E-state index contributed by atoms with van der Waals surface area (Å²) in [6.45, 7) is 1.85. The highest BCUT2D eigenvalue weighted by molar-refractivity contribution is 9.10. The van der Waals surface area contributed by atoms with Gasteiger partial charge in [-0.1, -0.05) is 0 Å². The van der Waals surface area contributed by atoms with E-state index in [9.17, 15) is 0 Å². The minimum absolute atomic E-state index is 0.546. The Kier molecular flexibility index (Phi) is 2.14. The first-order valence-corrected chi connectivity index (χ1v) is 4.60. The second-order valence-electron chi connectivity index (χ2n) is 2.61.